The molecule has 0 radical (unpaired) electrons. The summed E-state index contributed by atoms with van der Waals surface area (Å²) in [5.41, 5.74) is 13.5. The molecule has 0 amide bonds. The molecule has 4 aromatic carbocycles. The number of phenols is 4. The number of aryl methyl sites for hydroxylation is 4. The normalized spacial score (nSPS) is 11.3. The van der Waals surface area contributed by atoms with Gasteiger partial charge in [0.2, 0.25) is 0 Å². The summed E-state index contributed by atoms with van der Waals surface area (Å²) in [5.74, 6) is 1.30. The van der Waals surface area contributed by atoms with Crippen molar-refractivity contribution >= 4 is 0 Å². The van der Waals surface area contributed by atoms with E-state index in [1.54, 1.807) is 0 Å². The van der Waals surface area contributed by atoms with Crippen molar-refractivity contribution < 1.29 is 20.4 Å². The number of hydrogen-bond donors (Lipinski definition) is 4. The van der Waals surface area contributed by atoms with Gasteiger partial charge in [-0.1, -0.05) is 75.2 Å². The maximum atomic E-state index is 11.5. The lowest BCUT2D eigenvalue weighted by Gasteiger charge is -2.19. The predicted molar refractivity (Wildman–Crippen MR) is 177 cm³/mol. The van der Waals surface area contributed by atoms with E-state index in [1.807, 2.05) is 52.0 Å². The van der Waals surface area contributed by atoms with Crippen LogP contribution < -0.4 is 0 Å². The minimum Gasteiger partial charge on any atom is -0.507 e. The van der Waals surface area contributed by atoms with Gasteiger partial charge in [-0.3, -0.25) is 0 Å². The fraction of sp³-hybridized carbons (Fsp3) is 0.385. The maximum absolute atomic E-state index is 11.5. The van der Waals surface area contributed by atoms with Crippen LogP contribution in [-0.4, -0.2) is 20.4 Å². The van der Waals surface area contributed by atoms with Crippen molar-refractivity contribution in [3.05, 3.63) is 114 Å². The molecule has 0 aliphatic rings. The van der Waals surface area contributed by atoms with Crippen molar-refractivity contribution in [2.75, 3.05) is 0 Å². The van der Waals surface area contributed by atoms with Gasteiger partial charge in [-0.15, -0.1) is 0 Å². The summed E-state index contributed by atoms with van der Waals surface area (Å²) in [4.78, 5) is 0. The molecule has 4 nitrogen and oxygen atoms in total. The Bertz CT molecular complexity index is 1540. The van der Waals surface area contributed by atoms with Crippen molar-refractivity contribution in [3.8, 4) is 23.0 Å². The molecule has 0 aliphatic heterocycles. The quantitative estimate of drug-likeness (QED) is 0.151. The number of hydrogen-bond acceptors (Lipinski definition) is 4. The van der Waals surface area contributed by atoms with Crippen molar-refractivity contribution in [2.45, 2.75) is 100 Å². The highest BCUT2D eigenvalue weighted by Gasteiger charge is 2.19. The molecule has 0 unspecified atom stereocenters. The van der Waals surface area contributed by atoms with Crippen molar-refractivity contribution in [1.29, 1.82) is 0 Å². The van der Waals surface area contributed by atoms with Gasteiger partial charge < -0.3 is 20.4 Å². The Morgan fingerprint density at radius 2 is 0.674 bits per heavy atom. The van der Waals surface area contributed by atoms with E-state index in [2.05, 4.69) is 39.8 Å². The first-order chi connectivity index (χ1) is 20.4. The van der Waals surface area contributed by atoms with Crippen LogP contribution in [0, 0.1) is 27.7 Å². The zero-order chi connectivity index (χ0) is 31.6. The van der Waals surface area contributed by atoms with Gasteiger partial charge in [0.15, 0.2) is 0 Å². The molecule has 0 saturated heterocycles. The fourth-order valence-corrected chi connectivity index (χ4v) is 6.70. The van der Waals surface area contributed by atoms with Crippen LogP contribution in [0.4, 0.5) is 0 Å². The maximum Gasteiger partial charge on any atom is 0.122 e. The first-order valence-corrected chi connectivity index (χ1v) is 15.7. The van der Waals surface area contributed by atoms with Crippen molar-refractivity contribution in [3.63, 3.8) is 0 Å². The van der Waals surface area contributed by atoms with Gasteiger partial charge >= 0.3 is 0 Å². The van der Waals surface area contributed by atoms with E-state index < -0.39 is 0 Å². The standard InChI is InChI=1S/C39H48O4/c1-9-26-17-28(24(7)34(11-3)38(26)42)19-30-13-22(5)15-32(36(30)40)21-33-16-23(6)14-31(37(33)41)20-29-18-27(10-2)39(43)35(12-4)25(29)8/h13-18,40-43H,9-12,19-21H2,1-8H3. The highest BCUT2D eigenvalue weighted by atomic mass is 16.3. The number of phenolic OH excluding ortho intramolecular Hbond substituents is 4. The molecule has 0 aliphatic carbocycles. The molecule has 4 N–H and O–H groups in total. The predicted octanol–water partition coefficient (Wildman–Crippen LogP) is 8.76. The van der Waals surface area contributed by atoms with Crippen LogP contribution in [0.15, 0.2) is 36.4 Å². The fourth-order valence-electron chi connectivity index (χ4n) is 6.70. The lowest BCUT2D eigenvalue weighted by atomic mass is 9.88. The number of benzene rings is 4. The minimum absolute atomic E-state index is 0.256. The molecule has 0 aromatic heterocycles. The Labute approximate surface area is 257 Å². The third-order valence-electron chi connectivity index (χ3n) is 9.18. The number of aromatic hydroxyl groups is 4. The van der Waals surface area contributed by atoms with E-state index >= 15 is 0 Å². The Kier molecular flexibility index (Phi) is 9.79. The Hall–Kier alpha value is -3.92. The lowest BCUT2D eigenvalue weighted by molar-refractivity contribution is 0.456. The van der Waals surface area contributed by atoms with E-state index in [0.717, 1.165) is 104 Å². The summed E-state index contributed by atoms with van der Waals surface area (Å²) in [5, 5.41) is 44.5. The average Bonchev–Trinajstić information content (AvgIpc) is 2.97. The van der Waals surface area contributed by atoms with Crippen LogP contribution in [0.2, 0.25) is 0 Å². The van der Waals surface area contributed by atoms with E-state index in [9.17, 15) is 20.4 Å². The molecule has 228 valence electrons. The van der Waals surface area contributed by atoms with Gasteiger partial charge in [-0.05, 0) is 120 Å². The molecule has 4 rings (SSSR count). The van der Waals surface area contributed by atoms with E-state index in [0.29, 0.717) is 30.8 Å². The van der Waals surface area contributed by atoms with Gasteiger partial charge in [-0.2, -0.15) is 0 Å². The van der Waals surface area contributed by atoms with E-state index in [4.69, 9.17) is 0 Å². The van der Waals surface area contributed by atoms with Crippen molar-refractivity contribution in [1.82, 2.24) is 0 Å². The largest absolute Gasteiger partial charge is 0.507 e. The smallest absolute Gasteiger partial charge is 0.122 e. The average molecular weight is 581 g/mol. The van der Waals surface area contributed by atoms with Crippen LogP contribution in [-0.2, 0) is 44.9 Å². The van der Waals surface area contributed by atoms with Crippen LogP contribution in [0.25, 0.3) is 0 Å². The Morgan fingerprint density at radius 3 is 0.953 bits per heavy atom. The molecular formula is C39H48O4. The Balaban J connectivity index is 1.72. The SMILES string of the molecule is CCc1cc(Cc2cc(C)cc(Cc3cc(C)cc(Cc4cc(CC)c(O)c(CC)c4C)c3O)c2O)c(C)c(CC)c1O. The van der Waals surface area contributed by atoms with Gasteiger partial charge in [0.1, 0.15) is 23.0 Å². The van der Waals surface area contributed by atoms with Crippen LogP contribution >= 0.6 is 0 Å². The number of rotatable bonds is 10. The van der Waals surface area contributed by atoms with Crippen LogP contribution in [0.3, 0.4) is 0 Å². The van der Waals surface area contributed by atoms with E-state index in [-0.39, 0.29) is 11.5 Å². The Morgan fingerprint density at radius 1 is 0.372 bits per heavy atom. The highest BCUT2D eigenvalue weighted by molar-refractivity contribution is 5.56. The molecule has 0 spiro atoms. The summed E-state index contributed by atoms with van der Waals surface area (Å²) < 4.78 is 0. The zero-order valence-corrected chi connectivity index (χ0v) is 27.2. The summed E-state index contributed by atoms with van der Waals surface area (Å²) in [7, 11) is 0. The molecule has 0 heterocycles. The van der Waals surface area contributed by atoms with Gasteiger partial charge in [0.05, 0.1) is 0 Å². The highest BCUT2D eigenvalue weighted by Crippen LogP contribution is 2.37. The minimum atomic E-state index is 0.256. The van der Waals surface area contributed by atoms with Crippen molar-refractivity contribution in [2.24, 2.45) is 0 Å². The summed E-state index contributed by atoms with van der Waals surface area (Å²) >= 11 is 0. The molecule has 0 fully saturated rings. The third-order valence-corrected chi connectivity index (χ3v) is 9.18. The zero-order valence-electron chi connectivity index (χ0n) is 27.2. The van der Waals surface area contributed by atoms with Gasteiger partial charge in [0.25, 0.3) is 0 Å². The third kappa shape index (κ3) is 6.39. The topological polar surface area (TPSA) is 80.9 Å². The molecule has 4 heteroatoms. The second-order valence-electron chi connectivity index (χ2n) is 12.1. The first-order valence-electron chi connectivity index (χ1n) is 15.7. The molecule has 4 aromatic rings. The summed E-state index contributed by atoms with van der Waals surface area (Å²) in [6.07, 6.45) is 4.54. The molecular weight excluding hydrogens is 532 g/mol. The van der Waals surface area contributed by atoms with Crippen LogP contribution in [0.5, 0.6) is 23.0 Å². The second kappa shape index (κ2) is 13.2. The first kappa shape index (κ1) is 32.0. The summed E-state index contributed by atoms with van der Waals surface area (Å²) in [6.45, 7) is 16.4. The van der Waals surface area contributed by atoms with Gasteiger partial charge in [-0.25, -0.2) is 0 Å². The molecule has 0 saturated carbocycles. The monoisotopic (exact) mass is 580 g/mol. The molecule has 0 bridgehead atoms. The molecule has 0 atom stereocenters. The lowest BCUT2D eigenvalue weighted by Crippen LogP contribution is -2.03. The summed E-state index contributed by atoms with van der Waals surface area (Å²) in [6, 6.07) is 12.2. The van der Waals surface area contributed by atoms with E-state index in [1.165, 1.54) is 0 Å². The van der Waals surface area contributed by atoms with Crippen LogP contribution in [0.1, 0.15) is 106 Å². The van der Waals surface area contributed by atoms with Gasteiger partial charge in [0, 0.05) is 19.3 Å². The molecule has 43 heavy (non-hydrogen) atoms. The second-order valence-corrected chi connectivity index (χ2v) is 12.1.